The highest BCUT2D eigenvalue weighted by Crippen LogP contribution is 2.28. The van der Waals surface area contributed by atoms with Crippen molar-refractivity contribution in [3.63, 3.8) is 0 Å². The van der Waals surface area contributed by atoms with Gasteiger partial charge in [0, 0.05) is 10.3 Å². The lowest BCUT2D eigenvalue weighted by atomic mass is 10.1. The predicted octanol–water partition coefficient (Wildman–Crippen LogP) is 3.57. The van der Waals surface area contributed by atoms with Gasteiger partial charge in [0.15, 0.2) is 0 Å². The summed E-state index contributed by atoms with van der Waals surface area (Å²) in [5.74, 6) is 0.943. The SMILES string of the molecule is COc1cccc2ccc(SC)cc12. The normalized spacial score (nSPS) is 10.4. The summed E-state index contributed by atoms with van der Waals surface area (Å²) in [6, 6.07) is 12.5. The smallest absolute Gasteiger partial charge is 0.126 e. The molecular formula is C12H12OS. The van der Waals surface area contributed by atoms with Gasteiger partial charge >= 0.3 is 0 Å². The van der Waals surface area contributed by atoms with Gasteiger partial charge in [0.25, 0.3) is 0 Å². The Hall–Kier alpha value is -1.15. The minimum Gasteiger partial charge on any atom is -0.496 e. The second-order valence-corrected chi connectivity index (χ2v) is 3.93. The molecule has 2 aromatic carbocycles. The van der Waals surface area contributed by atoms with Crippen LogP contribution in [0.1, 0.15) is 0 Å². The monoisotopic (exact) mass is 204 g/mol. The van der Waals surface area contributed by atoms with E-state index in [2.05, 4.69) is 30.5 Å². The molecule has 0 spiro atoms. The molecule has 14 heavy (non-hydrogen) atoms. The van der Waals surface area contributed by atoms with Gasteiger partial charge in [-0.2, -0.15) is 0 Å². The van der Waals surface area contributed by atoms with Gasteiger partial charge in [-0.05, 0) is 29.8 Å². The lowest BCUT2D eigenvalue weighted by Crippen LogP contribution is -1.84. The first-order valence-corrected chi connectivity index (χ1v) is 5.68. The lowest BCUT2D eigenvalue weighted by molar-refractivity contribution is 0.420. The summed E-state index contributed by atoms with van der Waals surface area (Å²) in [5.41, 5.74) is 0. The van der Waals surface area contributed by atoms with Crippen LogP contribution in [-0.4, -0.2) is 13.4 Å². The molecule has 0 heterocycles. The van der Waals surface area contributed by atoms with E-state index in [0.29, 0.717) is 0 Å². The van der Waals surface area contributed by atoms with E-state index in [1.807, 2.05) is 12.1 Å². The Bertz CT molecular complexity index is 451. The molecule has 0 aliphatic heterocycles. The average Bonchev–Trinajstić information content (AvgIpc) is 2.27. The summed E-state index contributed by atoms with van der Waals surface area (Å²) in [5, 5.41) is 2.41. The lowest BCUT2D eigenvalue weighted by Gasteiger charge is -2.06. The topological polar surface area (TPSA) is 9.23 Å². The van der Waals surface area contributed by atoms with Gasteiger partial charge in [0.05, 0.1) is 7.11 Å². The van der Waals surface area contributed by atoms with Gasteiger partial charge in [0.2, 0.25) is 0 Å². The van der Waals surface area contributed by atoms with Gasteiger partial charge in [-0.25, -0.2) is 0 Å². The first kappa shape index (κ1) is 9.41. The standard InChI is InChI=1S/C12H12OS/c1-13-12-5-3-4-9-6-7-10(14-2)8-11(9)12/h3-8H,1-2H3. The molecule has 1 nitrogen and oxygen atoms in total. The van der Waals surface area contributed by atoms with Crippen LogP contribution in [0.5, 0.6) is 5.75 Å². The van der Waals surface area contributed by atoms with E-state index in [1.165, 1.54) is 15.7 Å². The average molecular weight is 204 g/mol. The molecule has 0 aliphatic carbocycles. The number of benzene rings is 2. The quantitative estimate of drug-likeness (QED) is 0.692. The molecule has 2 heteroatoms. The number of fused-ring (bicyclic) bond motifs is 1. The van der Waals surface area contributed by atoms with Gasteiger partial charge < -0.3 is 4.74 Å². The number of rotatable bonds is 2. The Labute approximate surface area is 88.1 Å². The molecule has 0 radical (unpaired) electrons. The molecule has 2 rings (SSSR count). The van der Waals surface area contributed by atoms with Crippen molar-refractivity contribution in [2.24, 2.45) is 0 Å². The maximum atomic E-state index is 5.32. The number of methoxy groups -OCH3 is 1. The van der Waals surface area contributed by atoms with Crippen molar-refractivity contribution >= 4 is 22.5 Å². The molecule has 0 aliphatic rings. The number of hydrogen-bond donors (Lipinski definition) is 0. The maximum absolute atomic E-state index is 5.32. The van der Waals surface area contributed by atoms with Gasteiger partial charge in [0.1, 0.15) is 5.75 Å². The summed E-state index contributed by atoms with van der Waals surface area (Å²) in [7, 11) is 1.71. The highest BCUT2D eigenvalue weighted by molar-refractivity contribution is 7.98. The van der Waals surface area contributed by atoms with Crippen molar-refractivity contribution in [1.82, 2.24) is 0 Å². The largest absolute Gasteiger partial charge is 0.496 e. The van der Waals surface area contributed by atoms with Crippen LogP contribution < -0.4 is 4.74 Å². The van der Waals surface area contributed by atoms with Crippen LogP contribution in [-0.2, 0) is 0 Å². The van der Waals surface area contributed by atoms with Crippen molar-refractivity contribution in [2.75, 3.05) is 13.4 Å². The number of thioether (sulfide) groups is 1. The van der Waals surface area contributed by atoms with Crippen molar-refractivity contribution in [1.29, 1.82) is 0 Å². The fourth-order valence-corrected chi connectivity index (χ4v) is 1.97. The Morgan fingerprint density at radius 1 is 1.14 bits per heavy atom. The van der Waals surface area contributed by atoms with Crippen molar-refractivity contribution < 1.29 is 4.74 Å². The molecule has 72 valence electrons. The molecule has 0 saturated carbocycles. The van der Waals surface area contributed by atoms with Crippen LogP contribution in [0.3, 0.4) is 0 Å². The molecule has 0 fully saturated rings. The van der Waals surface area contributed by atoms with E-state index in [9.17, 15) is 0 Å². The van der Waals surface area contributed by atoms with Gasteiger partial charge in [-0.3, -0.25) is 0 Å². The second-order valence-electron chi connectivity index (χ2n) is 3.05. The molecule has 0 bridgehead atoms. The van der Waals surface area contributed by atoms with E-state index < -0.39 is 0 Å². The molecular weight excluding hydrogens is 192 g/mol. The summed E-state index contributed by atoms with van der Waals surface area (Å²) in [4.78, 5) is 1.27. The van der Waals surface area contributed by atoms with E-state index >= 15 is 0 Å². The van der Waals surface area contributed by atoms with Crippen LogP contribution in [0.4, 0.5) is 0 Å². The van der Waals surface area contributed by atoms with E-state index in [1.54, 1.807) is 18.9 Å². The zero-order valence-electron chi connectivity index (χ0n) is 8.28. The third-order valence-corrected chi connectivity index (χ3v) is 2.99. The highest BCUT2D eigenvalue weighted by Gasteiger charge is 2.00. The van der Waals surface area contributed by atoms with E-state index in [0.717, 1.165) is 5.75 Å². The van der Waals surface area contributed by atoms with Crippen LogP contribution >= 0.6 is 11.8 Å². The molecule has 2 aromatic rings. The Morgan fingerprint density at radius 3 is 2.71 bits per heavy atom. The fraction of sp³-hybridized carbons (Fsp3) is 0.167. The Balaban J connectivity index is 2.70. The second kappa shape index (κ2) is 3.93. The highest BCUT2D eigenvalue weighted by atomic mass is 32.2. The maximum Gasteiger partial charge on any atom is 0.126 e. The van der Waals surface area contributed by atoms with E-state index in [4.69, 9.17) is 4.74 Å². The predicted molar refractivity (Wildman–Crippen MR) is 62.3 cm³/mol. The van der Waals surface area contributed by atoms with Gasteiger partial charge in [-0.1, -0.05) is 18.2 Å². The molecule has 0 amide bonds. The molecule has 0 atom stereocenters. The van der Waals surface area contributed by atoms with Crippen molar-refractivity contribution in [3.05, 3.63) is 36.4 Å². The summed E-state index contributed by atoms with van der Waals surface area (Å²) in [6.07, 6.45) is 2.08. The van der Waals surface area contributed by atoms with Gasteiger partial charge in [-0.15, -0.1) is 11.8 Å². The van der Waals surface area contributed by atoms with Crippen LogP contribution in [0.25, 0.3) is 10.8 Å². The number of hydrogen-bond acceptors (Lipinski definition) is 2. The Kier molecular flexibility index (Phi) is 2.64. The summed E-state index contributed by atoms with van der Waals surface area (Å²) in [6.45, 7) is 0. The zero-order valence-corrected chi connectivity index (χ0v) is 9.10. The third kappa shape index (κ3) is 1.58. The zero-order chi connectivity index (χ0) is 9.97. The molecule has 0 N–H and O–H groups in total. The van der Waals surface area contributed by atoms with Crippen molar-refractivity contribution in [2.45, 2.75) is 4.90 Å². The van der Waals surface area contributed by atoms with E-state index in [-0.39, 0.29) is 0 Å². The first-order chi connectivity index (χ1) is 6.85. The number of ether oxygens (including phenoxy) is 1. The Morgan fingerprint density at radius 2 is 2.00 bits per heavy atom. The first-order valence-electron chi connectivity index (χ1n) is 4.46. The third-order valence-electron chi connectivity index (χ3n) is 2.27. The van der Waals surface area contributed by atoms with Crippen LogP contribution in [0, 0.1) is 0 Å². The minimum atomic E-state index is 0.943. The minimum absolute atomic E-state index is 0.943. The molecule has 0 unspecified atom stereocenters. The molecule has 0 aromatic heterocycles. The van der Waals surface area contributed by atoms with Crippen LogP contribution in [0.2, 0.25) is 0 Å². The summed E-state index contributed by atoms with van der Waals surface area (Å²) >= 11 is 1.75. The molecule has 0 saturated heterocycles. The van der Waals surface area contributed by atoms with Crippen LogP contribution in [0.15, 0.2) is 41.3 Å². The summed E-state index contributed by atoms with van der Waals surface area (Å²) < 4.78 is 5.32. The fourth-order valence-electron chi connectivity index (χ4n) is 1.53. The van der Waals surface area contributed by atoms with Crippen molar-refractivity contribution in [3.8, 4) is 5.75 Å².